The molecule has 158 valence electrons. The molecule has 2 N–H and O–H groups in total. The first-order valence-electron chi connectivity index (χ1n) is 9.47. The third kappa shape index (κ3) is 6.51. The van der Waals surface area contributed by atoms with E-state index in [-0.39, 0.29) is 17.5 Å². The largest absolute Gasteiger partial charge is 0.342 e. The van der Waals surface area contributed by atoms with Crippen molar-refractivity contribution >= 4 is 39.9 Å². The standard InChI is InChI=1S/C23H21ClFN5O/c1-30(2)12-4-6-22(31)26-11-3-5-16-7-10-21-18(13-16)23(28-15-27-21)29-17-8-9-20(25)19(24)14-17/h4,6-10,13-15H,11-12H2,1-2H3,(H,26,31)(H,27,28,29). The lowest BCUT2D eigenvalue weighted by Gasteiger charge is -2.09. The minimum atomic E-state index is -0.488. The topological polar surface area (TPSA) is 70.2 Å². The summed E-state index contributed by atoms with van der Waals surface area (Å²) in [5.74, 6) is 5.83. The summed E-state index contributed by atoms with van der Waals surface area (Å²) in [6.07, 6.45) is 4.73. The van der Waals surface area contributed by atoms with Crippen LogP contribution in [0.5, 0.6) is 0 Å². The minimum absolute atomic E-state index is 0.0218. The van der Waals surface area contributed by atoms with E-state index in [9.17, 15) is 9.18 Å². The van der Waals surface area contributed by atoms with Gasteiger partial charge in [-0.3, -0.25) is 4.79 Å². The molecule has 1 heterocycles. The van der Waals surface area contributed by atoms with Crippen molar-refractivity contribution in [1.82, 2.24) is 20.2 Å². The molecule has 0 radical (unpaired) electrons. The van der Waals surface area contributed by atoms with Gasteiger partial charge in [0.25, 0.3) is 0 Å². The Hall–Kier alpha value is -3.47. The number of aromatic nitrogens is 2. The van der Waals surface area contributed by atoms with E-state index in [2.05, 4.69) is 32.4 Å². The van der Waals surface area contributed by atoms with Crippen molar-refractivity contribution < 1.29 is 9.18 Å². The van der Waals surface area contributed by atoms with E-state index in [0.717, 1.165) is 16.5 Å². The molecule has 0 aliphatic rings. The fourth-order valence-electron chi connectivity index (χ4n) is 2.65. The van der Waals surface area contributed by atoms with E-state index in [0.29, 0.717) is 18.1 Å². The van der Waals surface area contributed by atoms with Crippen molar-refractivity contribution in [2.24, 2.45) is 0 Å². The summed E-state index contributed by atoms with van der Waals surface area (Å²) in [6.45, 7) is 0.923. The van der Waals surface area contributed by atoms with Crippen LogP contribution >= 0.6 is 11.6 Å². The number of nitrogens with one attached hydrogen (secondary N) is 2. The van der Waals surface area contributed by atoms with Crippen molar-refractivity contribution in [2.75, 3.05) is 32.5 Å². The maximum Gasteiger partial charge on any atom is 0.244 e. The number of halogens is 2. The lowest BCUT2D eigenvalue weighted by Crippen LogP contribution is -2.21. The second-order valence-corrected chi connectivity index (χ2v) is 7.30. The van der Waals surface area contributed by atoms with Crippen molar-refractivity contribution in [2.45, 2.75) is 0 Å². The Labute approximate surface area is 185 Å². The van der Waals surface area contributed by atoms with Crippen LogP contribution in [0.1, 0.15) is 5.56 Å². The zero-order chi connectivity index (χ0) is 22.2. The summed E-state index contributed by atoms with van der Waals surface area (Å²) in [5.41, 5.74) is 2.09. The Morgan fingerprint density at radius 1 is 1.23 bits per heavy atom. The van der Waals surface area contributed by atoms with Gasteiger partial charge in [-0.15, -0.1) is 0 Å². The van der Waals surface area contributed by atoms with Crippen LogP contribution < -0.4 is 10.6 Å². The molecular weight excluding hydrogens is 417 g/mol. The molecule has 3 rings (SSSR count). The van der Waals surface area contributed by atoms with Crippen LogP contribution in [0.4, 0.5) is 15.9 Å². The molecule has 0 spiro atoms. The van der Waals surface area contributed by atoms with Crippen molar-refractivity contribution in [1.29, 1.82) is 0 Å². The molecule has 3 aromatic rings. The van der Waals surface area contributed by atoms with E-state index in [1.54, 1.807) is 12.1 Å². The normalized spacial score (nSPS) is 10.9. The Morgan fingerprint density at radius 3 is 2.84 bits per heavy atom. The fourth-order valence-corrected chi connectivity index (χ4v) is 2.83. The predicted octanol–water partition coefficient (Wildman–Crippen LogP) is 3.75. The number of benzene rings is 2. The van der Waals surface area contributed by atoms with Crippen LogP contribution in [0.25, 0.3) is 10.9 Å². The highest BCUT2D eigenvalue weighted by atomic mass is 35.5. The second kappa shape index (κ2) is 10.5. The van der Waals surface area contributed by atoms with Crippen molar-refractivity contribution in [3.8, 4) is 11.8 Å². The number of amides is 1. The third-order valence-electron chi connectivity index (χ3n) is 4.14. The van der Waals surface area contributed by atoms with Gasteiger partial charge in [0.2, 0.25) is 5.91 Å². The number of hydrogen-bond donors (Lipinski definition) is 2. The smallest absolute Gasteiger partial charge is 0.244 e. The molecule has 0 saturated carbocycles. The van der Waals surface area contributed by atoms with Gasteiger partial charge in [-0.25, -0.2) is 14.4 Å². The van der Waals surface area contributed by atoms with Crippen molar-refractivity contribution in [3.63, 3.8) is 0 Å². The number of rotatable bonds is 6. The van der Waals surface area contributed by atoms with Gasteiger partial charge in [-0.2, -0.15) is 0 Å². The predicted molar refractivity (Wildman–Crippen MR) is 122 cm³/mol. The van der Waals surface area contributed by atoms with E-state index in [1.807, 2.05) is 37.2 Å². The van der Waals surface area contributed by atoms with Gasteiger partial charge in [-0.05, 0) is 50.5 Å². The quantitative estimate of drug-likeness (QED) is 0.454. The molecular formula is C23H21ClFN5O. The first-order chi connectivity index (χ1) is 14.9. The summed E-state index contributed by atoms with van der Waals surface area (Å²) in [4.78, 5) is 22.2. The highest BCUT2D eigenvalue weighted by Crippen LogP contribution is 2.26. The zero-order valence-electron chi connectivity index (χ0n) is 17.1. The van der Waals surface area contributed by atoms with Gasteiger partial charge in [0.05, 0.1) is 17.1 Å². The molecule has 31 heavy (non-hydrogen) atoms. The van der Waals surface area contributed by atoms with Gasteiger partial charge in [0, 0.05) is 29.3 Å². The van der Waals surface area contributed by atoms with Crippen LogP contribution in [0.15, 0.2) is 54.9 Å². The summed E-state index contributed by atoms with van der Waals surface area (Å²) in [7, 11) is 3.86. The Bertz CT molecular complexity index is 1180. The summed E-state index contributed by atoms with van der Waals surface area (Å²) in [6, 6.07) is 9.90. The summed E-state index contributed by atoms with van der Waals surface area (Å²) >= 11 is 5.86. The maximum absolute atomic E-state index is 13.4. The van der Waals surface area contributed by atoms with Crippen LogP contribution in [0.3, 0.4) is 0 Å². The van der Waals surface area contributed by atoms with Gasteiger partial charge in [-0.1, -0.05) is 29.5 Å². The number of carbonyl (C=O) groups is 1. The lowest BCUT2D eigenvalue weighted by atomic mass is 10.1. The molecule has 0 unspecified atom stereocenters. The molecule has 8 heteroatoms. The summed E-state index contributed by atoms with van der Waals surface area (Å²) < 4.78 is 13.4. The number of hydrogen-bond acceptors (Lipinski definition) is 5. The van der Waals surface area contributed by atoms with E-state index in [1.165, 1.54) is 24.5 Å². The summed E-state index contributed by atoms with van der Waals surface area (Å²) in [5, 5.41) is 6.63. The van der Waals surface area contributed by atoms with E-state index < -0.39 is 5.82 Å². The molecule has 0 saturated heterocycles. The molecule has 2 aromatic carbocycles. The molecule has 0 atom stereocenters. The number of nitrogens with zero attached hydrogens (tertiary/aromatic N) is 3. The molecule has 0 fully saturated rings. The minimum Gasteiger partial charge on any atom is -0.342 e. The first kappa shape index (κ1) is 22.2. The number of fused-ring (bicyclic) bond motifs is 1. The zero-order valence-corrected chi connectivity index (χ0v) is 17.9. The number of likely N-dealkylation sites (N-methyl/N-ethyl adjacent to an activating group) is 1. The molecule has 0 aliphatic carbocycles. The molecule has 0 aliphatic heterocycles. The highest BCUT2D eigenvalue weighted by molar-refractivity contribution is 6.31. The SMILES string of the molecule is CN(C)CC=CC(=O)NCC#Cc1ccc2ncnc(Nc3ccc(F)c(Cl)c3)c2c1. The highest BCUT2D eigenvalue weighted by Gasteiger charge is 2.07. The van der Waals surface area contributed by atoms with E-state index >= 15 is 0 Å². The van der Waals surface area contributed by atoms with Gasteiger partial charge < -0.3 is 15.5 Å². The molecule has 0 bridgehead atoms. The monoisotopic (exact) mass is 437 g/mol. The average Bonchev–Trinajstić information content (AvgIpc) is 2.74. The number of anilines is 2. The fraction of sp³-hybridized carbons (Fsp3) is 0.174. The van der Waals surface area contributed by atoms with Crippen LogP contribution in [-0.2, 0) is 4.79 Å². The van der Waals surface area contributed by atoms with Crippen LogP contribution in [-0.4, -0.2) is 48.0 Å². The van der Waals surface area contributed by atoms with E-state index in [4.69, 9.17) is 11.6 Å². The van der Waals surface area contributed by atoms with Gasteiger partial charge in [0.1, 0.15) is 18.0 Å². The third-order valence-corrected chi connectivity index (χ3v) is 4.43. The van der Waals surface area contributed by atoms with Crippen molar-refractivity contribution in [3.05, 3.63) is 71.3 Å². The Kier molecular flexibility index (Phi) is 7.55. The number of carbonyl (C=O) groups excluding carboxylic acids is 1. The first-order valence-corrected chi connectivity index (χ1v) is 9.85. The average molecular weight is 438 g/mol. The van der Waals surface area contributed by atoms with Gasteiger partial charge >= 0.3 is 0 Å². The van der Waals surface area contributed by atoms with Crippen LogP contribution in [0, 0.1) is 17.7 Å². The molecule has 6 nitrogen and oxygen atoms in total. The van der Waals surface area contributed by atoms with Gasteiger partial charge in [0.15, 0.2) is 0 Å². The maximum atomic E-state index is 13.4. The Balaban J connectivity index is 1.71. The molecule has 1 amide bonds. The lowest BCUT2D eigenvalue weighted by molar-refractivity contribution is -0.116. The van der Waals surface area contributed by atoms with Crippen LogP contribution in [0.2, 0.25) is 5.02 Å². The molecule has 1 aromatic heterocycles. The Morgan fingerprint density at radius 2 is 2.06 bits per heavy atom. The second-order valence-electron chi connectivity index (χ2n) is 6.89.